The van der Waals surface area contributed by atoms with Crippen LogP contribution < -0.4 is 10.5 Å². The second-order valence-electron chi connectivity index (χ2n) is 7.05. The summed E-state index contributed by atoms with van der Waals surface area (Å²) in [7, 11) is -3.75. The van der Waals surface area contributed by atoms with Crippen molar-refractivity contribution >= 4 is 33.1 Å². The third-order valence-corrected chi connectivity index (χ3v) is 5.94. The van der Waals surface area contributed by atoms with Gasteiger partial charge in [0.15, 0.2) is 0 Å². The highest BCUT2D eigenvalue weighted by atomic mass is 35.5. The Bertz CT molecular complexity index is 1080. The predicted octanol–water partition coefficient (Wildman–Crippen LogP) is 4.73. The lowest BCUT2D eigenvalue weighted by Crippen LogP contribution is -2.16. The van der Waals surface area contributed by atoms with Gasteiger partial charge < -0.3 is 5.32 Å². The minimum absolute atomic E-state index is 0.0371. The largest absolute Gasteiger partial charge is 0.378 e. The summed E-state index contributed by atoms with van der Waals surface area (Å²) < 4.78 is 22.9. The van der Waals surface area contributed by atoms with Crippen LogP contribution in [0.15, 0.2) is 83.8 Å². The monoisotopic (exact) mass is 442 g/mol. The summed E-state index contributed by atoms with van der Waals surface area (Å²) >= 11 is 6.00. The lowest BCUT2D eigenvalue weighted by Gasteiger charge is -2.20. The number of primary sulfonamides is 1. The van der Waals surface area contributed by atoms with Crippen molar-refractivity contribution in [3.63, 3.8) is 0 Å². The fourth-order valence-electron chi connectivity index (χ4n) is 3.15. The number of aryl methyl sites for hydroxylation is 1. The van der Waals surface area contributed by atoms with Gasteiger partial charge in [0.1, 0.15) is 5.78 Å². The number of anilines is 1. The van der Waals surface area contributed by atoms with Crippen molar-refractivity contribution < 1.29 is 13.2 Å². The van der Waals surface area contributed by atoms with Crippen LogP contribution in [0.25, 0.3) is 0 Å². The van der Waals surface area contributed by atoms with E-state index in [0.717, 1.165) is 11.1 Å². The molecule has 0 aliphatic carbocycles. The number of ketones is 1. The molecule has 30 heavy (non-hydrogen) atoms. The van der Waals surface area contributed by atoms with Gasteiger partial charge in [-0.3, -0.25) is 4.79 Å². The molecule has 156 valence electrons. The summed E-state index contributed by atoms with van der Waals surface area (Å²) in [5, 5.41) is 9.09. The highest BCUT2D eigenvalue weighted by Crippen LogP contribution is 2.26. The van der Waals surface area contributed by atoms with E-state index in [1.54, 1.807) is 24.3 Å². The van der Waals surface area contributed by atoms with Gasteiger partial charge in [-0.05, 0) is 53.9 Å². The zero-order valence-corrected chi connectivity index (χ0v) is 17.9. The molecule has 5 nitrogen and oxygen atoms in total. The van der Waals surface area contributed by atoms with Gasteiger partial charge in [0.2, 0.25) is 10.0 Å². The van der Waals surface area contributed by atoms with Gasteiger partial charge in [-0.25, -0.2) is 13.6 Å². The lowest BCUT2D eigenvalue weighted by molar-refractivity contribution is -0.119. The zero-order chi connectivity index (χ0) is 21.6. The number of nitrogens with two attached hydrogens (primary N) is 1. The average Bonchev–Trinajstić information content (AvgIpc) is 2.73. The fraction of sp³-hybridized carbons (Fsp3) is 0.174. The quantitative estimate of drug-likeness (QED) is 0.501. The van der Waals surface area contributed by atoms with Crippen LogP contribution in [0.4, 0.5) is 5.69 Å². The summed E-state index contributed by atoms with van der Waals surface area (Å²) in [5.41, 5.74) is 2.74. The number of halogens is 1. The van der Waals surface area contributed by atoms with Crippen LogP contribution in [0.2, 0.25) is 5.02 Å². The average molecular weight is 443 g/mol. The minimum atomic E-state index is -3.75. The molecule has 0 fully saturated rings. The van der Waals surface area contributed by atoms with Crippen LogP contribution in [-0.4, -0.2) is 14.2 Å². The number of sulfonamides is 1. The van der Waals surface area contributed by atoms with Gasteiger partial charge in [0, 0.05) is 23.6 Å². The predicted molar refractivity (Wildman–Crippen MR) is 120 cm³/mol. The maximum absolute atomic E-state index is 12.7. The van der Waals surface area contributed by atoms with Crippen molar-refractivity contribution in [2.24, 2.45) is 5.14 Å². The van der Waals surface area contributed by atoms with E-state index in [2.05, 4.69) is 5.32 Å². The number of benzene rings is 3. The number of carbonyl (C=O) groups excluding carboxylic acids is 1. The SMILES string of the molecule is NS(=O)(=O)c1ccc(NC(CC(=O)CCc2ccccc2)c2ccc(Cl)cc2)cc1. The second kappa shape index (κ2) is 9.89. The Kier molecular flexibility index (Phi) is 7.26. The number of hydrogen-bond donors (Lipinski definition) is 2. The third kappa shape index (κ3) is 6.42. The molecule has 3 aromatic carbocycles. The number of carbonyl (C=O) groups is 1. The number of hydrogen-bond acceptors (Lipinski definition) is 4. The first-order valence-corrected chi connectivity index (χ1v) is 11.4. The molecule has 0 aromatic heterocycles. The number of nitrogens with one attached hydrogen (secondary N) is 1. The molecule has 0 spiro atoms. The van der Waals surface area contributed by atoms with Crippen LogP contribution in [-0.2, 0) is 21.2 Å². The fourth-order valence-corrected chi connectivity index (χ4v) is 3.79. The number of Topliss-reactive ketones (excluding diaryl/α,β-unsaturated/α-hetero) is 1. The molecule has 3 aromatic rings. The summed E-state index contributed by atoms with van der Waals surface area (Å²) in [6.45, 7) is 0. The molecule has 3 rings (SSSR count). The highest BCUT2D eigenvalue weighted by Gasteiger charge is 2.17. The van der Waals surface area contributed by atoms with E-state index < -0.39 is 10.0 Å². The van der Waals surface area contributed by atoms with Gasteiger partial charge in [0.25, 0.3) is 0 Å². The molecule has 0 aliphatic rings. The van der Waals surface area contributed by atoms with Crippen molar-refractivity contribution in [1.29, 1.82) is 0 Å². The van der Waals surface area contributed by atoms with Crippen molar-refractivity contribution in [3.8, 4) is 0 Å². The minimum Gasteiger partial charge on any atom is -0.378 e. The Morgan fingerprint density at radius 2 is 1.57 bits per heavy atom. The first-order chi connectivity index (χ1) is 14.3. The topological polar surface area (TPSA) is 89.3 Å². The normalized spacial score (nSPS) is 12.3. The summed E-state index contributed by atoms with van der Waals surface area (Å²) in [5.74, 6) is 0.132. The third-order valence-electron chi connectivity index (χ3n) is 4.76. The Balaban J connectivity index is 1.73. The van der Waals surface area contributed by atoms with E-state index in [1.165, 1.54) is 12.1 Å². The lowest BCUT2D eigenvalue weighted by atomic mass is 9.97. The van der Waals surface area contributed by atoms with E-state index in [1.807, 2.05) is 42.5 Å². The van der Waals surface area contributed by atoms with Gasteiger partial charge >= 0.3 is 0 Å². The molecule has 0 heterocycles. The van der Waals surface area contributed by atoms with Crippen molar-refractivity contribution in [1.82, 2.24) is 0 Å². The first-order valence-electron chi connectivity index (χ1n) is 9.52. The Labute approximate surface area is 181 Å². The van der Waals surface area contributed by atoms with Gasteiger partial charge in [0.05, 0.1) is 10.9 Å². The smallest absolute Gasteiger partial charge is 0.238 e. The van der Waals surface area contributed by atoms with Crippen LogP contribution in [0.1, 0.15) is 30.0 Å². The summed E-state index contributed by atoms with van der Waals surface area (Å²) in [4.78, 5) is 12.7. The first kappa shape index (κ1) is 22.0. The van der Waals surface area contributed by atoms with E-state index in [-0.39, 0.29) is 16.7 Å². The molecule has 1 atom stereocenters. The summed E-state index contributed by atoms with van der Waals surface area (Å²) in [6.07, 6.45) is 1.43. The number of rotatable bonds is 9. The second-order valence-corrected chi connectivity index (χ2v) is 9.04. The molecule has 0 amide bonds. The van der Waals surface area contributed by atoms with Gasteiger partial charge in [-0.15, -0.1) is 0 Å². The van der Waals surface area contributed by atoms with E-state index in [0.29, 0.717) is 30.0 Å². The van der Waals surface area contributed by atoms with Gasteiger partial charge in [-0.2, -0.15) is 0 Å². The molecule has 0 aliphatic heterocycles. The molecule has 0 bridgehead atoms. The highest BCUT2D eigenvalue weighted by molar-refractivity contribution is 7.89. The Morgan fingerprint density at radius 3 is 2.17 bits per heavy atom. The Hall–Kier alpha value is -2.67. The van der Waals surface area contributed by atoms with Crippen LogP contribution in [0.3, 0.4) is 0 Å². The molecule has 7 heteroatoms. The molecular formula is C23H23ClN2O3S. The molecule has 0 radical (unpaired) electrons. The van der Waals surface area contributed by atoms with Crippen LogP contribution in [0, 0.1) is 0 Å². The molecule has 3 N–H and O–H groups in total. The maximum atomic E-state index is 12.7. The summed E-state index contributed by atoms with van der Waals surface area (Å²) in [6, 6.07) is 23.1. The van der Waals surface area contributed by atoms with E-state index in [9.17, 15) is 13.2 Å². The van der Waals surface area contributed by atoms with Crippen LogP contribution in [0.5, 0.6) is 0 Å². The van der Waals surface area contributed by atoms with Crippen molar-refractivity contribution in [2.75, 3.05) is 5.32 Å². The Morgan fingerprint density at radius 1 is 0.933 bits per heavy atom. The van der Waals surface area contributed by atoms with Crippen molar-refractivity contribution in [2.45, 2.75) is 30.2 Å². The van der Waals surface area contributed by atoms with E-state index >= 15 is 0 Å². The van der Waals surface area contributed by atoms with Crippen LogP contribution >= 0.6 is 11.6 Å². The van der Waals surface area contributed by atoms with E-state index in [4.69, 9.17) is 16.7 Å². The molecule has 0 saturated heterocycles. The van der Waals surface area contributed by atoms with Crippen molar-refractivity contribution in [3.05, 3.63) is 95.0 Å². The molecule has 0 saturated carbocycles. The maximum Gasteiger partial charge on any atom is 0.238 e. The molecular weight excluding hydrogens is 420 g/mol. The van der Waals surface area contributed by atoms with Gasteiger partial charge in [-0.1, -0.05) is 54.1 Å². The molecule has 1 unspecified atom stereocenters. The standard InChI is InChI=1S/C23H23ClN2O3S/c24-19-9-7-18(8-10-19)23(16-21(27)13-6-17-4-2-1-3-5-17)26-20-11-14-22(15-12-20)30(25,28)29/h1-5,7-12,14-15,23,26H,6,13,16H2,(H2,25,28,29). The zero-order valence-electron chi connectivity index (χ0n) is 16.3.